The molecule has 6 nitrogen and oxygen atoms in total. The van der Waals surface area contributed by atoms with E-state index in [1.54, 1.807) is 24.4 Å². The Morgan fingerprint density at radius 1 is 1.00 bits per heavy atom. The van der Waals surface area contributed by atoms with Gasteiger partial charge in [0.15, 0.2) is 0 Å². The number of rotatable bonds is 5. The van der Waals surface area contributed by atoms with Gasteiger partial charge in [-0.2, -0.15) is 0 Å². The lowest BCUT2D eigenvalue weighted by molar-refractivity contribution is 0.0686. The van der Waals surface area contributed by atoms with E-state index in [0.717, 1.165) is 16.8 Å². The number of sulfonamides is 1. The van der Waals surface area contributed by atoms with Crippen LogP contribution in [0.5, 0.6) is 0 Å². The molecule has 0 saturated carbocycles. The number of carboxylic acid groups (broad SMARTS) is 1. The third-order valence-corrected chi connectivity index (χ3v) is 5.30. The number of halogens is 2. The summed E-state index contributed by atoms with van der Waals surface area (Å²) in [5, 5.41) is 8.76. The SMILES string of the molecule is Cc1cc(-c2ccc(S(=O)(=O)Nc3cc(F)c(C(=O)O)c(F)c3)cc2)ccn1. The highest BCUT2D eigenvalue weighted by Crippen LogP contribution is 2.24. The molecule has 0 aliphatic heterocycles. The molecule has 0 saturated heterocycles. The fraction of sp³-hybridized carbons (Fsp3) is 0.0526. The number of aromatic nitrogens is 1. The highest BCUT2D eigenvalue weighted by Gasteiger charge is 2.21. The van der Waals surface area contributed by atoms with Crippen molar-refractivity contribution in [3.05, 3.63) is 77.6 Å². The standard InChI is InChI=1S/C19H14F2N2O4S/c1-11-8-13(6-7-22-11)12-2-4-15(5-3-12)28(26,27)23-14-9-16(20)18(19(24)25)17(21)10-14/h2-10,23H,1H3,(H,24,25). The number of aryl methyl sites for hydroxylation is 1. The molecule has 0 bridgehead atoms. The summed E-state index contributed by atoms with van der Waals surface area (Å²) in [6, 6.07) is 10.7. The molecule has 0 atom stereocenters. The molecule has 1 heterocycles. The summed E-state index contributed by atoms with van der Waals surface area (Å²) in [6.07, 6.45) is 1.64. The van der Waals surface area contributed by atoms with Crippen molar-refractivity contribution in [1.82, 2.24) is 4.98 Å². The summed E-state index contributed by atoms with van der Waals surface area (Å²) in [5.41, 5.74) is 0.865. The molecule has 144 valence electrons. The van der Waals surface area contributed by atoms with Gasteiger partial charge in [-0.1, -0.05) is 12.1 Å². The van der Waals surface area contributed by atoms with Crippen LogP contribution in [-0.2, 0) is 10.0 Å². The highest BCUT2D eigenvalue weighted by atomic mass is 32.2. The van der Waals surface area contributed by atoms with Gasteiger partial charge in [0.1, 0.15) is 17.2 Å². The number of anilines is 1. The summed E-state index contributed by atoms with van der Waals surface area (Å²) in [4.78, 5) is 14.8. The van der Waals surface area contributed by atoms with Crippen molar-refractivity contribution in [1.29, 1.82) is 0 Å². The first-order valence-electron chi connectivity index (χ1n) is 7.95. The van der Waals surface area contributed by atoms with Crippen molar-refractivity contribution >= 4 is 21.7 Å². The van der Waals surface area contributed by atoms with Crippen molar-refractivity contribution in [2.24, 2.45) is 0 Å². The minimum absolute atomic E-state index is 0.120. The van der Waals surface area contributed by atoms with Crippen LogP contribution in [0.25, 0.3) is 11.1 Å². The van der Waals surface area contributed by atoms with Gasteiger partial charge in [0, 0.05) is 11.9 Å². The summed E-state index contributed by atoms with van der Waals surface area (Å²) in [6.45, 7) is 1.83. The quantitative estimate of drug-likeness (QED) is 0.674. The highest BCUT2D eigenvalue weighted by molar-refractivity contribution is 7.92. The monoisotopic (exact) mass is 404 g/mol. The van der Waals surface area contributed by atoms with Crippen molar-refractivity contribution in [2.45, 2.75) is 11.8 Å². The van der Waals surface area contributed by atoms with E-state index < -0.39 is 38.9 Å². The van der Waals surface area contributed by atoms with E-state index in [1.165, 1.54) is 12.1 Å². The van der Waals surface area contributed by atoms with Gasteiger partial charge in [0.05, 0.1) is 10.6 Å². The minimum atomic E-state index is -4.13. The molecule has 0 aliphatic carbocycles. The fourth-order valence-corrected chi connectivity index (χ4v) is 3.64. The van der Waals surface area contributed by atoms with Crippen molar-refractivity contribution in [3.8, 4) is 11.1 Å². The molecule has 3 aromatic rings. The van der Waals surface area contributed by atoms with E-state index in [4.69, 9.17) is 5.11 Å². The molecule has 28 heavy (non-hydrogen) atoms. The lowest BCUT2D eigenvalue weighted by atomic mass is 10.1. The molecule has 0 spiro atoms. The molecule has 2 aromatic carbocycles. The Bertz CT molecular complexity index is 1140. The van der Waals surface area contributed by atoms with Crippen LogP contribution in [0.4, 0.5) is 14.5 Å². The molecule has 0 aliphatic rings. The van der Waals surface area contributed by atoms with Crippen LogP contribution < -0.4 is 4.72 Å². The van der Waals surface area contributed by atoms with Crippen LogP contribution >= 0.6 is 0 Å². The number of nitrogens with zero attached hydrogens (tertiary/aromatic N) is 1. The van der Waals surface area contributed by atoms with Crippen molar-refractivity contribution in [3.63, 3.8) is 0 Å². The van der Waals surface area contributed by atoms with Gasteiger partial charge in [0.25, 0.3) is 10.0 Å². The van der Waals surface area contributed by atoms with Gasteiger partial charge in [-0.15, -0.1) is 0 Å². The first kappa shape index (κ1) is 19.4. The van der Waals surface area contributed by atoms with Gasteiger partial charge < -0.3 is 5.11 Å². The molecule has 2 N–H and O–H groups in total. The topological polar surface area (TPSA) is 96.4 Å². The van der Waals surface area contributed by atoms with Gasteiger partial charge in [-0.25, -0.2) is 22.0 Å². The number of nitrogens with one attached hydrogen (secondary N) is 1. The van der Waals surface area contributed by atoms with E-state index in [1.807, 2.05) is 17.7 Å². The minimum Gasteiger partial charge on any atom is -0.477 e. The lowest BCUT2D eigenvalue weighted by Gasteiger charge is -2.10. The Morgan fingerprint density at radius 2 is 1.61 bits per heavy atom. The molecule has 9 heteroatoms. The zero-order chi connectivity index (χ0) is 20.5. The van der Waals surface area contributed by atoms with Gasteiger partial charge in [-0.3, -0.25) is 9.71 Å². The van der Waals surface area contributed by atoms with Crippen LogP contribution in [0, 0.1) is 18.6 Å². The molecule has 3 rings (SSSR count). The third kappa shape index (κ3) is 3.99. The Labute approximate surface area is 159 Å². The predicted molar refractivity (Wildman–Crippen MR) is 98.5 cm³/mol. The summed E-state index contributed by atoms with van der Waals surface area (Å²) in [7, 11) is -4.13. The van der Waals surface area contributed by atoms with Gasteiger partial charge in [0.2, 0.25) is 0 Å². The second-order valence-corrected chi connectivity index (χ2v) is 7.62. The second-order valence-electron chi connectivity index (χ2n) is 5.94. The maximum Gasteiger partial charge on any atom is 0.341 e. The predicted octanol–water partition coefficient (Wildman–Crippen LogP) is 3.83. The van der Waals surface area contributed by atoms with E-state index in [9.17, 15) is 22.0 Å². The van der Waals surface area contributed by atoms with Crippen LogP contribution in [-0.4, -0.2) is 24.5 Å². The Hall–Kier alpha value is -3.33. The number of carbonyl (C=O) groups is 1. The van der Waals surface area contributed by atoms with E-state index in [0.29, 0.717) is 12.1 Å². The van der Waals surface area contributed by atoms with Crippen molar-refractivity contribution in [2.75, 3.05) is 4.72 Å². The zero-order valence-corrected chi connectivity index (χ0v) is 15.3. The van der Waals surface area contributed by atoms with Gasteiger partial charge in [-0.05, 0) is 54.4 Å². The third-order valence-electron chi connectivity index (χ3n) is 3.90. The Morgan fingerprint density at radius 3 is 2.14 bits per heavy atom. The molecule has 0 fully saturated rings. The Kier molecular flexibility index (Phi) is 5.10. The van der Waals surface area contributed by atoms with Crippen LogP contribution in [0.3, 0.4) is 0 Å². The second kappa shape index (κ2) is 7.35. The average molecular weight is 404 g/mol. The van der Waals surface area contributed by atoms with E-state index in [-0.39, 0.29) is 4.90 Å². The number of carboxylic acids is 1. The normalized spacial score (nSPS) is 11.2. The first-order valence-corrected chi connectivity index (χ1v) is 9.44. The Balaban J connectivity index is 1.88. The summed E-state index contributed by atoms with van der Waals surface area (Å²) in [5.74, 6) is -4.55. The average Bonchev–Trinajstić information content (AvgIpc) is 2.60. The smallest absolute Gasteiger partial charge is 0.341 e. The lowest BCUT2D eigenvalue weighted by Crippen LogP contribution is -2.14. The number of hydrogen-bond acceptors (Lipinski definition) is 4. The maximum atomic E-state index is 13.8. The zero-order valence-electron chi connectivity index (χ0n) is 14.5. The molecule has 0 unspecified atom stereocenters. The fourth-order valence-electron chi connectivity index (χ4n) is 2.60. The number of aromatic carboxylic acids is 1. The summed E-state index contributed by atoms with van der Waals surface area (Å²) >= 11 is 0. The van der Waals surface area contributed by atoms with Gasteiger partial charge >= 0.3 is 5.97 Å². The number of benzene rings is 2. The largest absolute Gasteiger partial charge is 0.477 e. The molecular weight excluding hydrogens is 390 g/mol. The van der Waals surface area contributed by atoms with E-state index >= 15 is 0 Å². The van der Waals surface area contributed by atoms with Crippen LogP contribution in [0.2, 0.25) is 0 Å². The van der Waals surface area contributed by atoms with Crippen molar-refractivity contribution < 1.29 is 27.1 Å². The molecular formula is C19H14F2N2O4S. The van der Waals surface area contributed by atoms with Crippen LogP contribution in [0.15, 0.2) is 59.6 Å². The molecule has 1 aromatic heterocycles. The molecule has 0 radical (unpaired) electrons. The number of hydrogen-bond donors (Lipinski definition) is 2. The first-order chi connectivity index (χ1) is 13.2. The summed E-state index contributed by atoms with van der Waals surface area (Å²) < 4.78 is 54.5. The number of pyridine rings is 1. The van der Waals surface area contributed by atoms with E-state index in [2.05, 4.69) is 4.98 Å². The molecule has 0 amide bonds. The van der Waals surface area contributed by atoms with Crippen LogP contribution in [0.1, 0.15) is 16.1 Å². The maximum absolute atomic E-state index is 13.8.